The minimum Gasteiger partial charge on any atom is -0.497 e. The molecule has 0 saturated carbocycles. The number of ether oxygens (including phenoxy) is 2. The summed E-state index contributed by atoms with van der Waals surface area (Å²) in [6.45, 7) is 0.324. The molecule has 0 aliphatic heterocycles. The van der Waals surface area contributed by atoms with Crippen LogP contribution >= 0.6 is 0 Å². The van der Waals surface area contributed by atoms with Gasteiger partial charge in [-0.2, -0.15) is 5.26 Å². The van der Waals surface area contributed by atoms with Gasteiger partial charge in [-0.05, 0) is 29.8 Å². The first-order chi connectivity index (χ1) is 12.5. The Bertz CT molecular complexity index is 803. The summed E-state index contributed by atoms with van der Waals surface area (Å²) in [6, 6.07) is 13.7. The summed E-state index contributed by atoms with van der Waals surface area (Å²) in [7, 11) is 3.04. The summed E-state index contributed by atoms with van der Waals surface area (Å²) < 4.78 is 10.3. The zero-order valence-electron chi connectivity index (χ0n) is 14.5. The number of anilines is 1. The second-order valence-electron chi connectivity index (χ2n) is 5.36. The van der Waals surface area contributed by atoms with Crippen molar-refractivity contribution in [3.05, 3.63) is 53.6 Å². The summed E-state index contributed by atoms with van der Waals surface area (Å²) in [5.41, 5.74) is 1.89. The second-order valence-corrected chi connectivity index (χ2v) is 5.36. The van der Waals surface area contributed by atoms with Crippen LogP contribution in [0.25, 0.3) is 0 Å². The molecule has 2 aromatic carbocycles. The molecular formula is C19H19N3O4. The zero-order chi connectivity index (χ0) is 18.9. The van der Waals surface area contributed by atoms with Crippen LogP contribution in [0.5, 0.6) is 11.5 Å². The predicted molar refractivity (Wildman–Crippen MR) is 96.0 cm³/mol. The molecule has 0 unspecified atom stereocenters. The van der Waals surface area contributed by atoms with Gasteiger partial charge in [0.1, 0.15) is 17.9 Å². The highest BCUT2D eigenvalue weighted by atomic mass is 16.5. The first-order valence-corrected chi connectivity index (χ1v) is 7.82. The Morgan fingerprint density at radius 3 is 2.19 bits per heavy atom. The molecule has 0 fully saturated rings. The molecule has 0 aromatic heterocycles. The lowest BCUT2D eigenvalue weighted by Gasteiger charge is -2.10. The van der Waals surface area contributed by atoms with E-state index in [1.165, 1.54) is 14.2 Å². The number of carbonyl (C=O) groups is 2. The van der Waals surface area contributed by atoms with Crippen molar-refractivity contribution in [2.45, 2.75) is 13.0 Å². The molecule has 0 saturated heterocycles. The minimum atomic E-state index is -0.361. The van der Waals surface area contributed by atoms with E-state index in [0.29, 0.717) is 29.3 Å². The number of benzene rings is 2. The molecule has 7 nitrogen and oxygen atoms in total. The molecule has 0 aliphatic carbocycles. The Balaban J connectivity index is 1.97. The van der Waals surface area contributed by atoms with E-state index < -0.39 is 0 Å². The van der Waals surface area contributed by atoms with E-state index in [0.717, 1.165) is 5.56 Å². The number of methoxy groups -OCH3 is 2. The van der Waals surface area contributed by atoms with E-state index in [2.05, 4.69) is 10.6 Å². The minimum absolute atomic E-state index is 0.193. The van der Waals surface area contributed by atoms with Gasteiger partial charge in [-0.25, -0.2) is 0 Å². The quantitative estimate of drug-likeness (QED) is 0.796. The van der Waals surface area contributed by atoms with Crippen LogP contribution in [0.15, 0.2) is 42.5 Å². The molecule has 0 atom stereocenters. The van der Waals surface area contributed by atoms with Crippen molar-refractivity contribution < 1.29 is 19.1 Å². The fourth-order valence-corrected chi connectivity index (χ4v) is 2.21. The number of nitriles is 1. The number of hydrogen-bond acceptors (Lipinski definition) is 5. The molecule has 2 aromatic rings. The van der Waals surface area contributed by atoms with Crippen LogP contribution in [0, 0.1) is 11.3 Å². The van der Waals surface area contributed by atoms with E-state index in [-0.39, 0.29) is 18.2 Å². The van der Waals surface area contributed by atoms with Crippen molar-refractivity contribution >= 4 is 17.5 Å². The number of carbonyl (C=O) groups excluding carboxylic acids is 2. The van der Waals surface area contributed by atoms with Crippen LogP contribution in [-0.2, 0) is 11.3 Å². The van der Waals surface area contributed by atoms with Crippen LogP contribution in [0.3, 0.4) is 0 Å². The molecule has 7 heteroatoms. The van der Waals surface area contributed by atoms with Crippen LogP contribution < -0.4 is 20.1 Å². The average Bonchev–Trinajstić information content (AvgIpc) is 2.66. The highest BCUT2D eigenvalue weighted by Crippen LogP contribution is 2.22. The van der Waals surface area contributed by atoms with Gasteiger partial charge < -0.3 is 20.1 Å². The van der Waals surface area contributed by atoms with Crippen molar-refractivity contribution in [3.63, 3.8) is 0 Å². The van der Waals surface area contributed by atoms with Crippen molar-refractivity contribution in [2.75, 3.05) is 19.5 Å². The third-order valence-electron chi connectivity index (χ3n) is 3.54. The maximum atomic E-state index is 12.3. The summed E-state index contributed by atoms with van der Waals surface area (Å²) in [5.74, 6) is 0.452. The number of nitrogens with one attached hydrogen (secondary N) is 2. The number of hydrogen-bond donors (Lipinski definition) is 2. The normalized spacial score (nSPS) is 9.73. The van der Waals surface area contributed by atoms with Gasteiger partial charge >= 0.3 is 0 Å². The summed E-state index contributed by atoms with van der Waals surface area (Å²) in [6.07, 6.45) is -0.193. The predicted octanol–water partition coefficient (Wildman–Crippen LogP) is 2.49. The third-order valence-corrected chi connectivity index (χ3v) is 3.54. The monoisotopic (exact) mass is 353 g/mol. The van der Waals surface area contributed by atoms with E-state index >= 15 is 0 Å². The Labute approximate surface area is 151 Å². The molecule has 2 rings (SSSR count). The zero-order valence-corrected chi connectivity index (χ0v) is 14.5. The summed E-state index contributed by atoms with van der Waals surface area (Å²) in [5, 5.41) is 13.9. The lowest BCUT2D eigenvalue weighted by molar-refractivity contribution is -0.115. The fourth-order valence-electron chi connectivity index (χ4n) is 2.21. The number of rotatable bonds is 7. The maximum absolute atomic E-state index is 12.3. The molecule has 0 heterocycles. The van der Waals surface area contributed by atoms with Gasteiger partial charge in [0.25, 0.3) is 5.91 Å². The first kappa shape index (κ1) is 18.8. The van der Waals surface area contributed by atoms with Crippen LogP contribution in [-0.4, -0.2) is 26.0 Å². The van der Waals surface area contributed by atoms with Gasteiger partial charge in [-0.3, -0.25) is 9.59 Å². The highest BCUT2D eigenvalue weighted by molar-refractivity contribution is 5.95. The Morgan fingerprint density at radius 2 is 1.65 bits per heavy atom. The fraction of sp³-hybridized carbons (Fsp3) is 0.211. The van der Waals surface area contributed by atoms with Crippen molar-refractivity contribution in [1.29, 1.82) is 5.26 Å². The van der Waals surface area contributed by atoms with Crippen LogP contribution in [0.2, 0.25) is 0 Å². The molecule has 0 bridgehead atoms. The average molecular weight is 353 g/mol. The van der Waals surface area contributed by atoms with Crippen molar-refractivity contribution in [3.8, 4) is 17.6 Å². The molecule has 0 radical (unpaired) electrons. The lowest BCUT2D eigenvalue weighted by Crippen LogP contribution is -2.22. The molecular weight excluding hydrogens is 334 g/mol. The van der Waals surface area contributed by atoms with Gasteiger partial charge in [0, 0.05) is 23.9 Å². The SMILES string of the molecule is COc1cc(OC)cc(C(=O)NCc2ccc(NC(=O)CC#N)cc2)c1. The van der Waals surface area contributed by atoms with E-state index in [9.17, 15) is 9.59 Å². The van der Waals surface area contributed by atoms with Crippen LogP contribution in [0.4, 0.5) is 5.69 Å². The molecule has 2 amide bonds. The molecule has 0 spiro atoms. The Hall–Kier alpha value is -3.53. The Kier molecular flexibility index (Phi) is 6.57. The maximum Gasteiger partial charge on any atom is 0.251 e. The van der Waals surface area contributed by atoms with E-state index in [4.69, 9.17) is 14.7 Å². The molecule has 0 aliphatic rings. The Morgan fingerprint density at radius 1 is 1.04 bits per heavy atom. The van der Waals surface area contributed by atoms with Crippen LogP contribution in [0.1, 0.15) is 22.3 Å². The van der Waals surface area contributed by atoms with Gasteiger partial charge in [-0.1, -0.05) is 12.1 Å². The molecule has 26 heavy (non-hydrogen) atoms. The number of amides is 2. The standard InChI is InChI=1S/C19H19N3O4/c1-25-16-9-14(10-17(11-16)26-2)19(24)21-12-13-3-5-15(6-4-13)22-18(23)7-8-20/h3-6,9-11H,7,12H2,1-2H3,(H,21,24)(H,22,23). The largest absolute Gasteiger partial charge is 0.497 e. The van der Waals surface area contributed by atoms with Crippen molar-refractivity contribution in [1.82, 2.24) is 5.32 Å². The third kappa shape index (κ3) is 5.24. The highest BCUT2D eigenvalue weighted by Gasteiger charge is 2.10. The van der Waals surface area contributed by atoms with Crippen molar-refractivity contribution in [2.24, 2.45) is 0 Å². The molecule has 2 N–H and O–H groups in total. The van der Waals surface area contributed by atoms with E-state index in [1.54, 1.807) is 48.5 Å². The summed E-state index contributed by atoms with van der Waals surface area (Å²) >= 11 is 0. The van der Waals surface area contributed by atoms with Gasteiger partial charge in [0.15, 0.2) is 0 Å². The lowest BCUT2D eigenvalue weighted by atomic mass is 10.1. The topological polar surface area (TPSA) is 100 Å². The van der Waals surface area contributed by atoms with E-state index in [1.807, 2.05) is 0 Å². The smallest absolute Gasteiger partial charge is 0.251 e. The van der Waals surface area contributed by atoms with Gasteiger partial charge in [0.05, 0.1) is 20.3 Å². The van der Waals surface area contributed by atoms with Gasteiger partial charge in [-0.15, -0.1) is 0 Å². The van der Waals surface area contributed by atoms with Gasteiger partial charge in [0.2, 0.25) is 5.91 Å². The summed E-state index contributed by atoms with van der Waals surface area (Å²) in [4.78, 5) is 23.7. The second kappa shape index (κ2) is 9.08. The number of nitrogens with zero attached hydrogens (tertiary/aromatic N) is 1. The molecule has 134 valence electrons. The first-order valence-electron chi connectivity index (χ1n) is 7.82.